The van der Waals surface area contributed by atoms with Gasteiger partial charge >= 0.3 is 6.18 Å². The fourth-order valence-corrected chi connectivity index (χ4v) is 3.78. The minimum Gasteiger partial charge on any atom is -0.388 e. The maximum atomic E-state index is 12.6. The number of thiophene rings is 1. The molecule has 1 aliphatic heterocycles. The molecule has 1 aromatic heterocycles. The molecule has 2 aromatic rings. The van der Waals surface area contributed by atoms with E-state index < -0.39 is 17.3 Å². The van der Waals surface area contributed by atoms with Gasteiger partial charge in [-0.2, -0.15) is 13.2 Å². The van der Waals surface area contributed by atoms with Gasteiger partial charge in [0.15, 0.2) is 0 Å². The van der Waals surface area contributed by atoms with Gasteiger partial charge < -0.3 is 15.2 Å². The summed E-state index contributed by atoms with van der Waals surface area (Å²) in [6.07, 6.45) is -3.06. The molecule has 1 aliphatic rings. The predicted octanol–water partition coefficient (Wildman–Crippen LogP) is 4.07. The summed E-state index contributed by atoms with van der Waals surface area (Å²) in [6.45, 7) is 2.28. The smallest absolute Gasteiger partial charge is 0.388 e. The fourth-order valence-electron chi connectivity index (χ4n) is 2.80. The highest BCUT2D eigenvalue weighted by molar-refractivity contribution is 7.15. The Morgan fingerprint density at radius 1 is 1.08 bits per heavy atom. The number of halogens is 3. The van der Waals surface area contributed by atoms with Crippen LogP contribution in [0.25, 0.3) is 10.4 Å². The summed E-state index contributed by atoms with van der Waals surface area (Å²) in [5, 5.41) is 13.7. The van der Waals surface area contributed by atoms with E-state index in [9.17, 15) is 18.3 Å². The Hall–Kier alpha value is -1.41. The molecule has 25 heavy (non-hydrogen) atoms. The zero-order valence-electron chi connectivity index (χ0n) is 13.6. The zero-order chi connectivity index (χ0) is 17.9. The van der Waals surface area contributed by atoms with E-state index in [-0.39, 0.29) is 0 Å². The molecule has 0 radical (unpaired) electrons. The summed E-state index contributed by atoms with van der Waals surface area (Å²) >= 11 is 1.53. The molecule has 136 valence electrons. The van der Waals surface area contributed by atoms with Crippen LogP contribution in [0.4, 0.5) is 13.2 Å². The average molecular weight is 371 g/mol. The SMILES string of the molecule is OC1(CNCc2ccc(-c3ccc(C(F)(F)F)cc3)s2)CCOCC1. The van der Waals surface area contributed by atoms with Crippen LogP contribution in [-0.2, 0) is 17.5 Å². The van der Waals surface area contributed by atoms with Gasteiger partial charge in [0.1, 0.15) is 0 Å². The van der Waals surface area contributed by atoms with E-state index in [1.54, 1.807) is 0 Å². The van der Waals surface area contributed by atoms with Crippen molar-refractivity contribution in [3.63, 3.8) is 0 Å². The van der Waals surface area contributed by atoms with Crippen molar-refractivity contribution >= 4 is 11.3 Å². The molecule has 0 bridgehead atoms. The summed E-state index contributed by atoms with van der Waals surface area (Å²) < 4.78 is 43.1. The number of benzene rings is 1. The second-order valence-corrected chi connectivity index (χ2v) is 7.45. The van der Waals surface area contributed by atoms with Gasteiger partial charge in [-0.25, -0.2) is 0 Å². The minimum absolute atomic E-state index is 0.504. The van der Waals surface area contributed by atoms with E-state index in [1.165, 1.54) is 23.5 Å². The summed E-state index contributed by atoms with van der Waals surface area (Å²) in [5.74, 6) is 0. The molecular weight excluding hydrogens is 351 g/mol. The van der Waals surface area contributed by atoms with E-state index in [2.05, 4.69) is 5.32 Å². The predicted molar refractivity (Wildman–Crippen MR) is 91.5 cm³/mol. The Kier molecular flexibility index (Phi) is 5.48. The first-order valence-corrected chi connectivity index (χ1v) is 8.95. The molecular formula is C18H20F3NO2S. The molecule has 7 heteroatoms. The van der Waals surface area contributed by atoms with Gasteiger partial charge in [-0.05, 0) is 29.8 Å². The lowest BCUT2D eigenvalue weighted by atomic mass is 9.94. The second kappa shape index (κ2) is 7.45. The maximum Gasteiger partial charge on any atom is 0.416 e. The number of rotatable bonds is 5. The van der Waals surface area contributed by atoms with Crippen LogP contribution in [0.2, 0.25) is 0 Å². The number of nitrogens with one attached hydrogen (secondary N) is 1. The Morgan fingerprint density at radius 2 is 1.76 bits per heavy atom. The number of hydrogen-bond acceptors (Lipinski definition) is 4. The third kappa shape index (κ3) is 4.82. The van der Waals surface area contributed by atoms with Crippen molar-refractivity contribution in [3.8, 4) is 10.4 Å². The number of ether oxygens (including phenoxy) is 1. The van der Waals surface area contributed by atoms with E-state index in [4.69, 9.17) is 4.74 Å². The molecule has 1 fully saturated rings. The highest BCUT2D eigenvalue weighted by Crippen LogP contribution is 2.33. The molecule has 0 atom stereocenters. The molecule has 1 aromatic carbocycles. The lowest BCUT2D eigenvalue weighted by Crippen LogP contribution is -2.44. The van der Waals surface area contributed by atoms with E-state index >= 15 is 0 Å². The quantitative estimate of drug-likeness (QED) is 0.833. The monoisotopic (exact) mass is 371 g/mol. The lowest BCUT2D eigenvalue weighted by molar-refractivity contribution is -0.137. The number of aliphatic hydroxyl groups is 1. The first-order chi connectivity index (χ1) is 11.9. The summed E-state index contributed by atoms with van der Waals surface area (Å²) in [5.41, 5.74) is -0.585. The van der Waals surface area contributed by atoms with Crippen molar-refractivity contribution in [2.24, 2.45) is 0 Å². The van der Waals surface area contributed by atoms with Crippen LogP contribution in [0.1, 0.15) is 23.3 Å². The lowest BCUT2D eigenvalue weighted by Gasteiger charge is -2.32. The second-order valence-electron chi connectivity index (χ2n) is 6.28. The molecule has 0 amide bonds. The van der Waals surface area contributed by atoms with Crippen LogP contribution in [-0.4, -0.2) is 30.5 Å². The van der Waals surface area contributed by atoms with Crippen molar-refractivity contribution < 1.29 is 23.0 Å². The van der Waals surface area contributed by atoms with Crippen LogP contribution in [0.15, 0.2) is 36.4 Å². The maximum absolute atomic E-state index is 12.6. The van der Waals surface area contributed by atoms with Crippen molar-refractivity contribution in [2.45, 2.75) is 31.2 Å². The van der Waals surface area contributed by atoms with Gasteiger partial charge in [-0.1, -0.05) is 12.1 Å². The largest absolute Gasteiger partial charge is 0.416 e. The average Bonchev–Trinajstić information content (AvgIpc) is 3.03. The third-order valence-electron chi connectivity index (χ3n) is 4.34. The Balaban J connectivity index is 1.57. The van der Waals surface area contributed by atoms with Crippen LogP contribution in [0, 0.1) is 0 Å². The molecule has 0 saturated carbocycles. The van der Waals surface area contributed by atoms with Gasteiger partial charge in [-0.15, -0.1) is 11.3 Å². The van der Waals surface area contributed by atoms with Gasteiger partial charge in [-0.3, -0.25) is 0 Å². The van der Waals surface area contributed by atoms with E-state index in [0.717, 1.165) is 27.5 Å². The Labute approximate surface area is 148 Å². The minimum atomic E-state index is -4.31. The first kappa shape index (κ1) is 18.4. The topological polar surface area (TPSA) is 41.5 Å². The van der Waals surface area contributed by atoms with E-state index in [1.807, 2.05) is 12.1 Å². The highest BCUT2D eigenvalue weighted by atomic mass is 32.1. The van der Waals surface area contributed by atoms with Crippen molar-refractivity contribution in [2.75, 3.05) is 19.8 Å². The highest BCUT2D eigenvalue weighted by Gasteiger charge is 2.30. The van der Waals surface area contributed by atoms with Gasteiger partial charge in [0.2, 0.25) is 0 Å². The van der Waals surface area contributed by atoms with Crippen molar-refractivity contribution in [3.05, 3.63) is 46.8 Å². The standard InChI is InChI=1S/C18H20F3NO2S/c19-18(20,21)14-3-1-13(2-4-14)16-6-5-15(25-16)11-22-12-17(23)7-9-24-10-8-17/h1-6,22-23H,7-12H2. The van der Waals surface area contributed by atoms with Crippen molar-refractivity contribution in [1.29, 1.82) is 0 Å². The van der Waals surface area contributed by atoms with E-state index in [0.29, 0.717) is 39.1 Å². The van der Waals surface area contributed by atoms with Crippen LogP contribution >= 0.6 is 11.3 Å². The Bertz CT molecular complexity index is 691. The molecule has 3 nitrogen and oxygen atoms in total. The summed E-state index contributed by atoms with van der Waals surface area (Å²) in [4.78, 5) is 2.00. The van der Waals surface area contributed by atoms with Crippen LogP contribution in [0.3, 0.4) is 0 Å². The number of alkyl halides is 3. The van der Waals surface area contributed by atoms with Gasteiger partial charge in [0.25, 0.3) is 0 Å². The molecule has 0 spiro atoms. The van der Waals surface area contributed by atoms with Crippen LogP contribution < -0.4 is 5.32 Å². The number of hydrogen-bond donors (Lipinski definition) is 2. The summed E-state index contributed by atoms with van der Waals surface area (Å²) in [7, 11) is 0. The molecule has 0 unspecified atom stereocenters. The molecule has 1 saturated heterocycles. The zero-order valence-corrected chi connectivity index (χ0v) is 14.4. The molecule has 2 N–H and O–H groups in total. The molecule has 3 rings (SSSR count). The van der Waals surface area contributed by atoms with Gasteiger partial charge in [0.05, 0.1) is 11.2 Å². The molecule has 0 aliphatic carbocycles. The summed E-state index contributed by atoms with van der Waals surface area (Å²) in [6, 6.07) is 9.07. The fraction of sp³-hybridized carbons (Fsp3) is 0.444. The van der Waals surface area contributed by atoms with Crippen molar-refractivity contribution in [1.82, 2.24) is 5.32 Å². The molecule has 2 heterocycles. The third-order valence-corrected chi connectivity index (χ3v) is 5.47. The first-order valence-electron chi connectivity index (χ1n) is 8.13. The van der Waals surface area contributed by atoms with Crippen LogP contribution in [0.5, 0.6) is 0 Å². The normalized spacial score (nSPS) is 17.6. The Morgan fingerprint density at radius 3 is 2.40 bits per heavy atom. The van der Waals surface area contributed by atoms with Gasteiger partial charge in [0, 0.05) is 48.9 Å².